The molecule has 1 N–H and O–H groups in total. The topological polar surface area (TPSA) is 103 Å². The number of alkyl halides is 3. The molecule has 0 fully saturated rings. The molecule has 4 rings (SSSR count). The van der Waals surface area contributed by atoms with E-state index in [0.29, 0.717) is 40.0 Å². The number of thioether (sulfide) groups is 1. The van der Waals surface area contributed by atoms with Gasteiger partial charge in [0.25, 0.3) is 11.6 Å². The molecular weight excluding hydrogens is 531 g/mol. The Kier molecular flexibility index (Phi) is 8.45. The summed E-state index contributed by atoms with van der Waals surface area (Å²) in [5.41, 5.74) is 1.10. The second-order valence-electron chi connectivity index (χ2n) is 8.35. The van der Waals surface area contributed by atoms with Crippen molar-refractivity contribution in [2.75, 3.05) is 0 Å². The number of aromatic nitrogens is 3. The van der Waals surface area contributed by atoms with Crippen LogP contribution >= 0.6 is 11.8 Å². The number of nitro groups is 1. The van der Waals surface area contributed by atoms with Gasteiger partial charge in [0, 0.05) is 30.5 Å². The molecule has 1 heterocycles. The average molecular weight is 554 g/mol. The largest absolute Gasteiger partial charge is 0.416 e. The molecule has 0 bridgehead atoms. The molecule has 1 aromatic heterocycles. The first kappa shape index (κ1) is 27.6. The molecule has 0 unspecified atom stereocenters. The highest BCUT2D eigenvalue weighted by Gasteiger charge is 2.30. The quantitative estimate of drug-likeness (QED) is 0.107. The lowest BCUT2D eigenvalue weighted by Gasteiger charge is -2.10. The maximum absolute atomic E-state index is 12.9. The number of amides is 1. The number of benzene rings is 3. The Morgan fingerprint density at radius 2 is 1.79 bits per heavy atom. The molecule has 1 amide bonds. The number of hydrogen-bond acceptors (Lipinski definition) is 6. The SMILES string of the molecule is C=CCn1c(SCc2ccc(C(=O)NCc3cccc(C(F)(F)F)c3)cc2)nnc1-c1ccccc1[N+](=O)[O-]. The molecule has 0 spiro atoms. The Morgan fingerprint density at radius 3 is 2.49 bits per heavy atom. The molecule has 0 atom stereocenters. The average Bonchev–Trinajstić information content (AvgIpc) is 3.33. The van der Waals surface area contributed by atoms with Crippen LogP contribution < -0.4 is 5.32 Å². The third-order valence-corrected chi connectivity index (χ3v) is 6.70. The van der Waals surface area contributed by atoms with Crippen molar-refractivity contribution < 1.29 is 22.9 Å². The number of nitrogens with one attached hydrogen (secondary N) is 1. The minimum absolute atomic E-state index is 0.0404. The van der Waals surface area contributed by atoms with Gasteiger partial charge in [0.15, 0.2) is 11.0 Å². The van der Waals surface area contributed by atoms with E-state index in [4.69, 9.17) is 0 Å². The number of carbonyl (C=O) groups excluding carboxylic acids is 1. The lowest BCUT2D eigenvalue weighted by Crippen LogP contribution is -2.23. The van der Waals surface area contributed by atoms with Crippen molar-refractivity contribution in [1.29, 1.82) is 0 Å². The zero-order valence-electron chi connectivity index (χ0n) is 20.4. The van der Waals surface area contributed by atoms with Gasteiger partial charge in [0.05, 0.1) is 16.1 Å². The van der Waals surface area contributed by atoms with Crippen LogP contribution in [0.1, 0.15) is 27.0 Å². The van der Waals surface area contributed by atoms with Crippen LogP contribution in [0.4, 0.5) is 18.9 Å². The molecule has 0 aliphatic rings. The summed E-state index contributed by atoms with van der Waals surface area (Å²) in [7, 11) is 0. The molecule has 39 heavy (non-hydrogen) atoms. The van der Waals surface area contributed by atoms with Crippen LogP contribution in [0.25, 0.3) is 11.4 Å². The fraction of sp³-hybridized carbons (Fsp3) is 0.148. The summed E-state index contributed by atoms with van der Waals surface area (Å²) >= 11 is 1.37. The van der Waals surface area contributed by atoms with E-state index in [-0.39, 0.29) is 12.2 Å². The summed E-state index contributed by atoms with van der Waals surface area (Å²) < 4.78 is 40.4. The third kappa shape index (κ3) is 6.71. The lowest BCUT2D eigenvalue weighted by molar-refractivity contribution is -0.384. The van der Waals surface area contributed by atoms with Gasteiger partial charge in [-0.15, -0.1) is 16.8 Å². The standard InChI is InChI=1S/C27H22F3N5O3S/c1-2-14-34-24(22-8-3-4-9-23(22)35(37)38)32-33-26(34)39-17-18-10-12-20(13-11-18)25(36)31-16-19-6-5-7-21(15-19)27(28,29)30/h2-13,15H,1,14,16-17H2,(H,31,36). The number of halogens is 3. The molecule has 200 valence electrons. The van der Waals surface area contributed by atoms with E-state index in [2.05, 4.69) is 22.1 Å². The zero-order valence-corrected chi connectivity index (χ0v) is 21.2. The van der Waals surface area contributed by atoms with Crippen molar-refractivity contribution in [2.45, 2.75) is 30.2 Å². The first-order valence-corrected chi connectivity index (χ1v) is 12.6. The molecule has 0 radical (unpaired) electrons. The minimum atomic E-state index is -4.45. The van der Waals surface area contributed by atoms with Crippen molar-refractivity contribution >= 4 is 23.4 Å². The van der Waals surface area contributed by atoms with E-state index in [0.717, 1.165) is 17.7 Å². The lowest BCUT2D eigenvalue weighted by atomic mass is 10.1. The maximum atomic E-state index is 12.9. The zero-order chi connectivity index (χ0) is 28.0. The van der Waals surface area contributed by atoms with E-state index >= 15 is 0 Å². The Hall–Kier alpha value is -4.45. The Morgan fingerprint density at radius 1 is 1.05 bits per heavy atom. The maximum Gasteiger partial charge on any atom is 0.416 e. The molecule has 0 saturated carbocycles. The highest BCUT2D eigenvalue weighted by Crippen LogP contribution is 2.32. The fourth-order valence-corrected chi connectivity index (χ4v) is 4.66. The van der Waals surface area contributed by atoms with Crippen LogP contribution in [-0.4, -0.2) is 25.6 Å². The minimum Gasteiger partial charge on any atom is -0.348 e. The molecule has 0 aliphatic heterocycles. The van der Waals surface area contributed by atoms with Gasteiger partial charge < -0.3 is 5.32 Å². The van der Waals surface area contributed by atoms with Crippen LogP contribution in [0.5, 0.6) is 0 Å². The van der Waals surface area contributed by atoms with Gasteiger partial charge in [-0.2, -0.15) is 13.2 Å². The number of carbonyl (C=O) groups is 1. The summed E-state index contributed by atoms with van der Waals surface area (Å²) in [6.45, 7) is 4.06. The number of nitrogens with zero attached hydrogens (tertiary/aromatic N) is 4. The van der Waals surface area contributed by atoms with E-state index in [1.54, 1.807) is 53.1 Å². The van der Waals surface area contributed by atoms with E-state index < -0.39 is 22.6 Å². The fourth-order valence-electron chi connectivity index (χ4n) is 3.75. The summed E-state index contributed by atoms with van der Waals surface area (Å²) in [6, 6.07) is 17.9. The molecule has 12 heteroatoms. The predicted molar refractivity (Wildman–Crippen MR) is 141 cm³/mol. The van der Waals surface area contributed by atoms with Crippen molar-refractivity contribution in [3.8, 4) is 11.4 Å². The Bertz CT molecular complexity index is 1500. The van der Waals surface area contributed by atoms with Crippen molar-refractivity contribution in [1.82, 2.24) is 20.1 Å². The summed E-state index contributed by atoms with van der Waals surface area (Å²) in [5, 5.41) is 23.1. The van der Waals surface area contributed by atoms with E-state index in [9.17, 15) is 28.1 Å². The summed E-state index contributed by atoms with van der Waals surface area (Å²) in [4.78, 5) is 23.5. The van der Waals surface area contributed by atoms with Gasteiger partial charge in [0.1, 0.15) is 0 Å². The van der Waals surface area contributed by atoms with Gasteiger partial charge in [0.2, 0.25) is 0 Å². The highest BCUT2D eigenvalue weighted by atomic mass is 32.2. The first-order valence-electron chi connectivity index (χ1n) is 11.6. The number of allylic oxidation sites excluding steroid dienone is 1. The molecule has 4 aromatic rings. The second-order valence-corrected chi connectivity index (χ2v) is 9.29. The first-order chi connectivity index (χ1) is 18.7. The van der Waals surface area contributed by atoms with Crippen LogP contribution in [0.2, 0.25) is 0 Å². The van der Waals surface area contributed by atoms with Crippen molar-refractivity contribution in [2.24, 2.45) is 0 Å². The number of nitro benzene ring substituents is 1. The van der Waals surface area contributed by atoms with E-state index in [1.807, 2.05) is 0 Å². The van der Waals surface area contributed by atoms with Gasteiger partial charge in [-0.3, -0.25) is 19.5 Å². The van der Waals surface area contributed by atoms with Crippen LogP contribution in [0, 0.1) is 10.1 Å². The summed E-state index contributed by atoms with van der Waals surface area (Å²) in [6.07, 6.45) is -2.80. The van der Waals surface area contributed by atoms with Gasteiger partial charge in [-0.25, -0.2) is 0 Å². The highest BCUT2D eigenvalue weighted by molar-refractivity contribution is 7.98. The molecule has 8 nitrogen and oxygen atoms in total. The van der Waals surface area contributed by atoms with E-state index in [1.165, 1.54) is 30.0 Å². The number of hydrogen-bond donors (Lipinski definition) is 1. The molecule has 3 aromatic carbocycles. The number of rotatable bonds is 10. The second kappa shape index (κ2) is 11.9. The Labute approximate surface area is 225 Å². The third-order valence-electron chi connectivity index (χ3n) is 5.66. The normalized spacial score (nSPS) is 11.3. The Balaban J connectivity index is 1.41. The number of para-hydroxylation sites is 1. The summed E-state index contributed by atoms with van der Waals surface area (Å²) in [5.74, 6) is 0.432. The van der Waals surface area contributed by atoms with Crippen molar-refractivity contribution in [3.63, 3.8) is 0 Å². The monoisotopic (exact) mass is 553 g/mol. The van der Waals surface area contributed by atoms with Crippen LogP contribution in [0.3, 0.4) is 0 Å². The van der Waals surface area contributed by atoms with Crippen LogP contribution in [0.15, 0.2) is 90.6 Å². The van der Waals surface area contributed by atoms with Crippen molar-refractivity contribution in [3.05, 3.63) is 118 Å². The molecule has 0 saturated heterocycles. The smallest absolute Gasteiger partial charge is 0.348 e. The van der Waals surface area contributed by atoms with Gasteiger partial charge >= 0.3 is 6.18 Å². The molecular formula is C27H22F3N5O3S. The predicted octanol–water partition coefficient (Wildman–Crippen LogP) is 6.28. The van der Waals surface area contributed by atoms with Crippen LogP contribution in [-0.2, 0) is 25.0 Å². The van der Waals surface area contributed by atoms with Gasteiger partial charge in [-0.1, -0.05) is 54.2 Å². The van der Waals surface area contributed by atoms with Gasteiger partial charge in [-0.05, 0) is 41.5 Å². The molecule has 0 aliphatic carbocycles.